The van der Waals surface area contributed by atoms with Gasteiger partial charge in [-0.3, -0.25) is 9.59 Å². The Balaban J connectivity index is -0.000000303. The summed E-state index contributed by atoms with van der Waals surface area (Å²) in [7, 11) is 0. The van der Waals surface area contributed by atoms with Crippen molar-refractivity contribution in [1.29, 1.82) is 0 Å². The van der Waals surface area contributed by atoms with Crippen molar-refractivity contribution in [2.24, 2.45) is 5.73 Å². The van der Waals surface area contributed by atoms with Gasteiger partial charge in [-0.25, -0.2) is 0 Å². The standard InChI is InChI=1S/C10H20O2.C5H11.C2H5NO2.K/c1-2-3-4-5-6-7-8-9-10(11)12;1-3-5-4-2;3-1-2(4)5;/h2-9H2,1H3,(H,11,12);1,3-5H2,2H3;1,3H2,(H,4,5);. The van der Waals surface area contributed by atoms with Crippen LogP contribution >= 0.6 is 0 Å². The van der Waals surface area contributed by atoms with Gasteiger partial charge < -0.3 is 15.9 Å². The monoisotopic (exact) mass is 357 g/mol. The smallest absolute Gasteiger partial charge is 0.317 e. The Kier molecular flexibility index (Phi) is 33.7. The Labute approximate surface area is 176 Å². The predicted octanol–water partition coefficient (Wildman–Crippen LogP) is 4.00. The van der Waals surface area contributed by atoms with Crippen LogP contribution in [0.5, 0.6) is 0 Å². The molecule has 0 spiro atoms. The van der Waals surface area contributed by atoms with E-state index in [1.165, 1.54) is 51.4 Å². The first-order chi connectivity index (χ1) is 11.0. The quantitative estimate of drug-likeness (QED) is 0.362. The molecule has 0 saturated heterocycles. The topological polar surface area (TPSA) is 101 Å². The van der Waals surface area contributed by atoms with Crippen LogP contribution < -0.4 is 5.73 Å². The van der Waals surface area contributed by atoms with E-state index in [0.29, 0.717) is 6.42 Å². The zero-order valence-corrected chi connectivity index (χ0v) is 18.6. The van der Waals surface area contributed by atoms with E-state index in [4.69, 9.17) is 10.2 Å². The SMILES string of the molecule is CCCCCCCCCC(=O)O.CCCC[CH2][K].NCC(=O)O. The van der Waals surface area contributed by atoms with Gasteiger partial charge in [-0.05, 0) is 6.42 Å². The maximum absolute atomic E-state index is 10.1. The fraction of sp³-hybridized carbons (Fsp3) is 0.882. The molecule has 4 N–H and O–H groups in total. The molecular weight excluding hydrogens is 321 g/mol. The molecule has 0 unspecified atom stereocenters. The fourth-order valence-corrected chi connectivity index (χ4v) is 2.51. The number of nitrogens with two attached hydrogens (primary N) is 1. The van der Waals surface area contributed by atoms with Crippen molar-refractivity contribution >= 4 is 60.9 Å². The second kappa shape index (κ2) is 27.4. The van der Waals surface area contributed by atoms with E-state index < -0.39 is 11.9 Å². The first-order valence-corrected chi connectivity index (χ1v) is 11.3. The summed E-state index contributed by atoms with van der Waals surface area (Å²) in [5, 5.41) is 16.0. The Morgan fingerprint density at radius 3 is 1.48 bits per heavy atom. The van der Waals surface area contributed by atoms with Crippen LogP contribution in [0.3, 0.4) is 0 Å². The van der Waals surface area contributed by atoms with Crippen LogP contribution in [-0.4, -0.2) is 77.7 Å². The summed E-state index contributed by atoms with van der Waals surface area (Å²) in [5.74, 6) is -1.63. The molecule has 0 bridgehead atoms. The number of rotatable bonds is 12. The van der Waals surface area contributed by atoms with Crippen LogP contribution in [0.4, 0.5) is 0 Å². The van der Waals surface area contributed by atoms with Crippen LogP contribution in [0, 0.1) is 0 Å². The molecule has 0 atom stereocenters. The van der Waals surface area contributed by atoms with Crippen LogP contribution in [0.1, 0.15) is 84.5 Å². The van der Waals surface area contributed by atoms with Gasteiger partial charge >= 0.3 is 87.6 Å². The van der Waals surface area contributed by atoms with Crippen molar-refractivity contribution in [1.82, 2.24) is 0 Å². The number of hydrogen-bond acceptors (Lipinski definition) is 3. The molecule has 0 aliphatic heterocycles. The van der Waals surface area contributed by atoms with Crippen molar-refractivity contribution in [2.75, 3.05) is 6.54 Å². The average molecular weight is 358 g/mol. The summed E-state index contributed by atoms with van der Waals surface area (Å²) in [4.78, 5) is 19.4. The summed E-state index contributed by atoms with van der Waals surface area (Å²) >= 11 is 1.11. The van der Waals surface area contributed by atoms with Crippen molar-refractivity contribution in [2.45, 2.75) is 85.0 Å². The van der Waals surface area contributed by atoms with Gasteiger partial charge in [0, 0.05) is 6.42 Å². The van der Waals surface area contributed by atoms with E-state index in [2.05, 4.69) is 19.6 Å². The minimum atomic E-state index is -0.968. The number of carboxylic acid groups (broad SMARTS) is 2. The minimum absolute atomic E-state index is 0.278. The van der Waals surface area contributed by atoms with E-state index in [9.17, 15) is 9.59 Å². The first-order valence-electron chi connectivity index (χ1n) is 9.09. The molecule has 0 aliphatic rings. The van der Waals surface area contributed by atoms with Gasteiger partial charge in [0.25, 0.3) is 0 Å². The molecule has 134 valence electrons. The maximum Gasteiger partial charge on any atom is 0.317 e. The Morgan fingerprint density at radius 2 is 1.17 bits per heavy atom. The molecule has 0 aromatic rings. The molecular formula is C17H36KNO4. The summed E-state index contributed by atoms with van der Waals surface area (Å²) in [6, 6.07) is 0. The number of unbranched alkanes of at least 4 members (excludes halogenated alkanes) is 8. The van der Waals surface area contributed by atoms with Gasteiger partial charge in [-0.2, -0.15) is 0 Å². The van der Waals surface area contributed by atoms with Gasteiger partial charge in [-0.1, -0.05) is 45.4 Å². The number of aliphatic carboxylic acids is 2. The molecule has 0 heterocycles. The first kappa shape index (κ1) is 28.3. The Bertz CT molecular complexity index is 247. The van der Waals surface area contributed by atoms with Crippen LogP contribution in [0.2, 0.25) is 0.515 Å². The van der Waals surface area contributed by atoms with E-state index in [-0.39, 0.29) is 6.54 Å². The molecule has 0 radical (unpaired) electrons. The number of hydrogen-bond donors (Lipinski definition) is 3. The third-order valence-electron chi connectivity index (χ3n) is 3.13. The zero-order valence-electron chi connectivity index (χ0n) is 15.5. The van der Waals surface area contributed by atoms with Gasteiger partial charge in [0.2, 0.25) is 0 Å². The van der Waals surface area contributed by atoms with E-state index >= 15 is 0 Å². The minimum Gasteiger partial charge on any atom is -0.480 e. The molecule has 6 heteroatoms. The second-order valence-corrected chi connectivity index (χ2v) is 7.13. The average Bonchev–Trinajstić information content (AvgIpc) is 2.53. The van der Waals surface area contributed by atoms with Crippen molar-refractivity contribution in [3.63, 3.8) is 0 Å². The molecule has 0 fully saturated rings. The third-order valence-corrected chi connectivity index (χ3v) is 4.23. The van der Waals surface area contributed by atoms with E-state index in [0.717, 1.165) is 61.8 Å². The zero-order chi connectivity index (χ0) is 18.3. The molecule has 0 aromatic carbocycles. The fourth-order valence-electron chi connectivity index (χ4n) is 1.73. The number of carbonyl (C=O) groups is 2. The largest absolute Gasteiger partial charge is 0.480 e. The molecule has 0 rings (SSSR count). The maximum atomic E-state index is 10.1. The Morgan fingerprint density at radius 1 is 0.783 bits per heavy atom. The van der Waals surface area contributed by atoms with Gasteiger partial charge in [0.05, 0.1) is 6.54 Å². The molecule has 0 aromatic heterocycles. The van der Waals surface area contributed by atoms with E-state index in [1.54, 1.807) is 0.515 Å². The van der Waals surface area contributed by atoms with Gasteiger partial charge in [0.1, 0.15) is 0 Å². The third kappa shape index (κ3) is 45.0. The second-order valence-electron chi connectivity index (χ2n) is 5.57. The molecule has 0 amide bonds. The molecule has 0 saturated carbocycles. The summed E-state index contributed by atoms with van der Waals surface area (Å²) in [5.41, 5.74) is 4.57. The van der Waals surface area contributed by atoms with Crippen LogP contribution in [0.15, 0.2) is 0 Å². The van der Waals surface area contributed by atoms with E-state index in [1.807, 2.05) is 0 Å². The van der Waals surface area contributed by atoms with Gasteiger partial charge in [0.15, 0.2) is 0 Å². The van der Waals surface area contributed by atoms with Crippen molar-refractivity contribution in [3.05, 3.63) is 0 Å². The normalized spacial score (nSPS) is 9.26. The molecule has 23 heavy (non-hydrogen) atoms. The number of carboxylic acids is 2. The summed E-state index contributed by atoms with van der Waals surface area (Å²) in [6.07, 6.45) is 13.0. The summed E-state index contributed by atoms with van der Waals surface area (Å²) < 4.78 is 1.54. The molecule has 5 nitrogen and oxygen atoms in total. The Hall–Kier alpha value is 0.536. The predicted molar refractivity (Wildman–Crippen MR) is 97.0 cm³/mol. The van der Waals surface area contributed by atoms with Crippen LogP contribution in [-0.2, 0) is 9.59 Å². The van der Waals surface area contributed by atoms with Crippen LogP contribution in [0.25, 0.3) is 0 Å². The summed E-state index contributed by atoms with van der Waals surface area (Å²) in [6.45, 7) is 4.17. The van der Waals surface area contributed by atoms with Crippen molar-refractivity contribution in [3.8, 4) is 0 Å². The van der Waals surface area contributed by atoms with Crippen molar-refractivity contribution < 1.29 is 19.8 Å². The molecule has 0 aliphatic carbocycles. The van der Waals surface area contributed by atoms with Gasteiger partial charge in [-0.15, -0.1) is 0 Å².